The minimum Gasteiger partial charge on any atom is -0.550 e. The monoisotopic (exact) mass is 385 g/mol. The van der Waals surface area contributed by atoms with Gasteiger partial charge in [-0.3, -0.25) is 0 Å². The van der Waals surface area contributed by atoms with Crippen molar-refractivity contribution in [2.24, 2.45) is 0 Å². The number of unbranched alkanes of at least 4 members (excludes halogenated alkanes) is 12. The number of quaternary nitrogens is 1. The van der Waals surface area contributed by atoms with Crippen LogP contribution in [0.1, 0.15) is 110 Å². The molecule has 162 valence electrons. The van der Waals surface area contributed by atoms with Crippen molar-refractivity contribution in [1.29, 1.82) is 0 Å². The molecule has 0 fully saturated rings. The predicted molar refractivity (Wildman–Crippen MR) is 112 cm³/mol. The number of carboxylic acids is 1. The summed E-state index contributed by atoms with van der Waals surface area (Å²) in [6.07, 6.45) is 18.1. The van der Waals surface area contributed by atoms with Gasteiger partial charge in [-0.05, 0) is 13.3 Å². The van der Waals surface area contributed by atoms with Crippen LogP contribution in [0.2, 0.25) is 0 Å². The molecule has 27 heavy (non-hydrogen) atoms. The number of aliphatic carboxylic acids is 1. The summed E-state index contributed by atoms with van der Waals surface area (Å²) >= 11 is 0. The van der Waals surface area contributed by atoms with Gasteiger partial charge in [0.1, 0.15) is 12.1 Å². The lowest BCUT2D eigenvalue weighted by Crippen LogP contribution is -2.51. The van der Waals surface area contributed by atoms with Crippen LogP contribution < -0.4 is 5.11 Å². The largest absolute Gasteiger partial charge is 0.550 e. The fourth-order valence-corrected chi connectivity index (χ4v) is 4.00. The van der Waals surface area contributed by atoms with Crippen molar-refractivity contribution in [1.82, 2.24) is 0 Å². The lowest BCUT2D eigenvalue weighted by Gasteiger charge is -2.36. The SMILES string of the molecule is CCCCCCCCCCCCCCCC(C)(O)C[N+](C)(C)CCC(=O)[O-]. The van der Waals surface area contributed by atoms with Gasteiger partial charge in [-0.25, -0.2) is 0 Å². The van der Waals surface area contributed by atoms with Gasteiger partial charge in [-0.2, -0.15) is 0 Å². The number of rotatable bonds is 19. The molecule has 4 heteroatoms. The summed E-state index contributed by atoms with van der Waals surface area (Å²) in [5.41, 5.74) is -0.729. The number of aliphatic hydroxyl groups is 1. The first-order valence-corrected chi connectivity index (χ1v) is 11.4. The average molecular weight is 386 g/mol. The molecule has 1 atom stereocenters. The molecule has 0 aromatic rings. The number of likely N-dealkylation sites (N-methyl/N-ethyl adjacent to an activating group) is 1. The highest BCUT2D eigenvalue weighted by molar-refractivity contribution is 5.64. The minimum atomic E-state index is -1.02. The Bertz CT molecular complexity index is 367. The maximum atomic E-state index is 10.6. The van der Waals surface area contributed by atoms with Gasteiger partial charge in [0.15, 0.2) is 0 Å². The third kappa shape index (κ3) is 18.5. The summed E-state index contributed by atoms with van der Waals surface area (Å²) in [4.78, 5) is 10.6. The van der Waals surface area contributed by atoms with Gasteiger partial charge < -0.3 is 19.5 Å². The molecule has 0 aromatic carbocycles. The van der Waals surface area contributed by atoms with Crippen LogP contribution in [0.4, 0.5) is 0 Å². The molecule has 0 aromatic heterocycles. The molecule has 0 saturated carbocycles. The molecule has 0 amide bonds. The molecule has 4 nitrogen and oxygen atoms in total. The van der Waals surface area contributed by atoms with Gasteiger partial charge in [-0.15, -0.1) is 0 Å². The molecule has 0 aliphatic rings. The number of carbonyl (C=O) groups is 1. The molecule has 0 aliphatic carbocycles. The van der Waals surface area contributed by atoms with Crippen LogP contribution in [0.3, 0.4) is 0 Å². The van der Waals surface area contributed by atoms with E-state index in [0.29, 0.717) is 17.6 Å². The summed E-state index contributed by atoms with van der Waals surface area (Å²) in [5, 5.41) is 21.3. The summed E-state index contributed by atoms with van der Waals surface area (Å²) < 4.78 is 0.513. The van der Waals surface area contributed by atoms with Gasteiger partial charge >= 0.3 is 0 Å². The third-order valence-electron chi connectivity index (χ3n) is 5.51. The van der Waals surface area contributed by atoms with Crippen LogP contribution in [0.5, 0.6) is 0 Å². The van der Waals surface area contributed by atoms with Gasteiger partial charge in [0, 0.05) is 12.4 Å². The van der Waals surface area contributed by atoms with Crippen molar-refractivity contribution >= 4 is 5.97 Å². The van der Waals surface area contributed by atoms with Gasteiger partial charge in [0.05, 0.1) is 20.6 Å². The van der Waals surface area contributed by atoms with Gasteiger partial charge in [-0.1, -0.05) is 90.4 Å². The zero-order valence-electron chi connectivity index (χ0n) is 18.7. The molecule has 0 aliphatic heterocycles. The average Bonchev–Trinajstić information content (AvgIpc) is 2.56. The first-order valence-electron chi connectivity index (χ1n) is 11.4. The molecule has 0 rings (SSSR count). The predicted octanol–water partition coefficient (Wildman–Crippen LogP) is 4.44. The second-order valence-corrected chi connectivity index (χ2v) is 9.43. The smallest absolute Gasteiger partial charge is 0.111 e. The Hall–Kier alpha value is -0.610. The van der Waals surface area contributed by atoms with Crippen molar-refractivity contribution in [2.45, 2.75) is 116 Å². The summed E-state index contributed by atoms with van der Waals surface area (Å²) in [5.74, 6) is -1.02. The summed E-state index contributed by atoms with van der Waals surface area (Å²) in [6.45, 7) is 5.23. The van der Waals surface area contributed by atoms with E-state index in [-0.39, 0.29) is 6.42 Å². The third-order valence-corrected chi connectivity index (χ3v) is 5.51. The highest BCUT2D eigenvalue weighted by atomic mass is 16.4. The van der Waals surface area contributed by atoms with E-state index < -0.39 is 11.6 Å². The van der Waals surface area contributed by atoms with E-state index in [9.17, 15) is 15.0 Å². The lowest BCUT2D eigenvalue weighted by atomic mass is 9.96. The normalized spacial score (nSPS) is 14.3. The van der Waals surface area contributed by atoms with Crippen molar-refractivity contribution < 1.29 is 19.5 Å². The van der Waals surface area contributed by atoms with Crippen LogP contribution in [-0.2, 0) is 4.79 Å². The van der Waals surface area contributed by atoms with Crippen LogP contribution in [-0.4, -0.2) is 48.3 Å². The molecule has 0 radical (unpaired) electrons. The number of hydrogen-bond donors (Lipinski definition) is 1. The Labute approximate surface area is 168 Å². The van der Waals surface area contributed by atoms with Crippen LogP contribution >= 0.6 is 0 Å². The van der Waals surface area contributed by atoms with E-state index in [4.69, 9.17) is 0 Å². The molecule has 1 unspecified atom stereocenters. The fourth-order valence-electron chi connectivity index (χ4n) is 4.00. The first kappa shape index (κ1) is 26.4. The second kappa shape index (κ2) is 15.3. The van der Waals surface area contributed by atoms with Crippen molar-refractivity contribution in [3.8, 4) is 0 Å². The quantitative estimate of drug-likeness (QED) is 0.264. The van der Waals surface area contributed by atoms with Crippen molar-refractivity contribution in [3.05, 3.63) is 0 Å². The highest BCUT2D eigenvalue weighted by Crippen LogP contribution is 2.20. The molecule has 1 N–H and O–H groups in total. The molecule has 0 heterocycles. The van der Waals surface area contributed by atoms with E-state index in [1.165, 1.54) is 77.0 Å². The lowest BCUT2D eigenvalue weighted by molar-refractivity contribution is -0.896. The van der Waals surface area contributed by atoms with Crippen LogP contribution in [0.25, 0.3) is 0 Å². The number of carboxylic acid groups (broad SMARTS) is 1. The zero-order valence-corrected chi connectivity index (χ0v) is 18.7. The maximum absolute atomic E-state index is 10.6. The Kier molecular flexibility index (Phi) is 15.0. The van der Waals surface area contributed by atoms with E-state index in [2.05, 4.69) is 6.92 Å². The Morgan fingerprint density at radius 2 is 1.26 bits per heavy atom. The van der Waals surface area contributed by atoms with Crippen molar-refractivity contribution in [3.63, 3.8) is 0 Å². The van der Waals surface area contributed by atoms with Gasteiger partial charge in [0.25, 0.3) is 0 Å². The molecular weight excluding hydrogens is 338 g/mol. The fraction of sp³-hybridized carbons (Fsp3) is 0.957. The minimum absolute atomic E-state index is 0.0435. The second-order valence-electron chi connectivity index (χ2n) is 9.43. The Morgan fingerprint density at radius 3 is 1.67 bits per heavy atom. The number of nitrogens with zero attached hydrogens (tertiary/aromatic N) is 1. The van der Waals surface area contributed by atoms with E-state index in [1.54, 1.807) is 0 Å². The Morgan fingerprint density at radius 1 is 0.852 bits per heavy atom. The van der Waals surface area contributed by atoms with Gasteiger partial charge in [0.2, 0.25) is 0 Å². The Balaban J connectivity index is 3.58. The topological polar surface area (TPSA) is 60.4 Å². The van der Waals surface area contributed by atoms with E-state index >= 15 is 0 Å². The summed E-state index contributed by atoms with van der Waals surface area (Å²) in [6, 6.07) is 0. The molecule has 0 saturated heterocycles. The number of hydrogen-bond acceptors (Lipinski definition) is 3. The van der Waals surface area contributed by atoms with Crippen LogP contribution in [0, 0.1) is 0 Å². The number of carbonyl (C=O) groups excluding carboxylic acids is 1. The highest BCUT2D eigenvalue weighted by Gasteiger charge is 2.29. The standard InChI is InChI=1S/C23H47NO3/c1-5-6-7-8-9-10-11-12-13-14-15-16-17-19-23(2,27)21-24(3,4)20-18-22(25)26/h27H,5-21H2,1-4H3. The van der Waals surface area contributed by atoms with E-state index in [0.717, 1.165) is 12.8 Å². The molecule has 0 spiro atoms. The maximum Gasteiger partial charge on any atom is 0.111 e. The zero-order chi connectivity index (χ0) is 20.6. The van der Waals surface area contributed by atoms with Crippen LogP contribution in [0.15, 0.2) is 0 Å². The van der Waals surface area contributed by atoms with Crippen molar-refractivity contribution in [2.75, 3.05) is 27.2 Å². The molecular formula is C23H47NO3. The van der Waals surface area contributed by atoms with E-state index in [1.807, 2.05) is 21.0 Å². The summed E-state index contributed by atoms with van der Waals surface area (Å²) in [7, 11) is 3.95. The first-order chi connectivity index (χ1) is 12.7. The molecule has 0 bridgehead atoms.